The van der Waals surface area contributed by atoms with Crippen molar-refractivity contribution in [3.8, 4) is 6.07 Å². The second-order valence-corrected chi connectivity index (χ2v) is 4.24. The molecule has 1 unspecified atom stereocenters. The Kier molecular flexibility index (Phi) is 4.13. The fraction of sp³-hybridized carbons (Fsp3) is 0.364. The van der Waals surface area contributed by atoms with Crippen molar-refractivity contribution in [2.45, 2.75) is 13.0 Å². The zero-order valence-electron chi connectivity index (χ0n) is 8.74. The number of nitriles is 1. The van der Waals surface area contributed by atoms with Crippen molar-refractivity contribution >= 4 is 21.6 Å². The molecule has 1 N–H and O–H groups in total. The number of hydrogen-bond acceptors (Lipinski definition) is 3. The first-order valence-corrected chi connectivity index (χ1v) is 5.43. The standard InChI is InChI=1S/C11H13BrN2O/c1-8(7-15)14(2)11-5-3-4-10(12)9(11)6-13/h3-5,8,15H,7H2,1-2H3. The maximum absolute atomic E-state index is 9.06. The minimum absolute atomic E-state index is 0.00796. The SMILES string of the molecule is CC(CO)N(C)c1cccc(Br)c1C#N. The van der Waals surface area contributed by atoms with Crippen molar-refractivity contribution < 1.29 is 5.11 Å². The van der Waals surface area contributed by atoms with Crippen LogP contribution in [0.1, 0.15) is 12.5 Å². The summed E-state index contributed by atoms with van der Waals surface area (Å²) in [5.74, 6) is 0. The monoisotopic (exact) mass is 268 g/mol. The predicted molar refractivity (Wildman–Crippen MR) is 63.8 cm³/mol. The molecule has 3 nitrogen and oxygen atoms in total. The molecule has 0 amide bonds. The molecule has 4 heteroatoms. The molecule has 0 aliphatic rings. The number of likely N-dealkylation sites (N-methyl/N-ethyl adjacent to an activating group) is 1. The van der Waals surface area contributed by atoms with Crippen LogP contribution in [0, 0.1) is 11.3 Å². The van der Waals surface area contributed by atoms with Crippen LogP contribution in [0.25, 0.3) is 0 Å². The molecule has 0 aliphatic heterocycles. The van der Waals surface area contributed by atoms with Gasteiger partial charge in [0.1, 0.15) is 6.07 Å². The minimum Gasteiger partial charge on any atom is -0.394 e. The maximum atomic E-state index is 9.06. The summed E-state index contributed by atoms with van der Waals surface area (Å²) in [6.07, 6.45) is 0. The van der Waals surface area contributed by atoms with E-state index >= 15 is 0 Å². The molecule has 15 heavy (non-hydrogen) atoms. The first-order valence-electron chi connectivity index (χ1n) is 4.64. The van der Waals surface area contributed by atoms with Gasteiger partial charge in [0.15, 0.2) is 0 Å². The number of nitrogens with zero attached hydrogens (tertiary/aromatic N) is 2. The van der Waals surface area contributed by atoms with Gasteiger partial charge in [-0.3, -0.25) is 0 Å². The molecule has 0 saturated carbocycles. The van der Waals surface area contributed by atoms with Gasteiger partial charge in [0.2, 0.25) is 0 Å². The van der Waals surface area contributed by atoms with Gasteiger partial charge in [-0.15, -0.1) is 0 Å². The Morgan fingerprint density at radius 2 is 2.27 bits per heavy atom. The Morgan fingerprint density at radius 1 is 1.60 bits per heavy atom. The summed E-state index contributed by atoms with van der Waals surface area (Å²) in [6, 6.07) is 7.72. The zero-order valence-corrected chi connectivity index (χ0v) is 10.3. The third-order valence-electron chi connectivity index (χ3n) is 2.41. The molecule has 0 bridgehead atoms. The highest BCUT2D eigenvalue weighted by molar-refractivity contribution is 9.10. The summed E-state index contributed by atoms with van der Waals surface area (Å²) in [7, 11) is 1.86. The lowest BCUT2D eigenvalue weighted by molar-refractivity contribution is 0.270. The van der Waals surface area contributed by atoms with E-state index in [1.165, 1.54) is 0 Å². The van der Waals surface area contributed by atoms with Crippen LogP contribution < -0.4 is 4.90 Å². The van der Waals surface area contributed by atoms with Gasteiger partial charge in [0.25, 0.3) is 0 Å². The van der Waals surface area contributed by atoms with Crippen molar-refractivity contribution in [3.63, 3.8) is 0 Å². The molecule has 0 radical (unpaired) electrons. The molecule has 1 aromatic rings. The van der Waals surface area contributed by atoms with E-state index in [1.54, 1.807) is 0 Å². The van der Waals surface area contributed by atoms with Gasteiger partial charge in [-0.1, -0.05) is 6.07 Å². The summed E-state index contributed by atoms with van der Waals surface area (Å²) < 4.78 is 0.777. The number of hydrogen-bond donors (Lipinski definition) is 1. The number of aliphatic hydroxyl groups is 1. The molecular weight excluding hydrogens is 256 g/mol. The van der Waals surface area contributed by atoms with E-state index in [-0.39, 0.29) is 12.6 Å². The summed E-state index contributed by atoms with van der Waals surface area (Å²) in [4.78, 5) is 1.89. The fourth-order valence-corrected chi connectivity index (χ4v) is 1.72. The van der Waals surface area contributed by atoms with Gasteiger partial charge in [-0.05, 0) is 35.0 Å². The van der Waals surface area contributed by atoms with Gasteiger partial charge < -0.3 is 10.0 Å². The topological polar surface area (TPSA) is 47.3 Å². The van der Waals surface area contributed by atoms with Crippen molar-refractivity contribution in [1.29, 1.82) is 5.26 Å². The highest BCUT2D eigenvalue weighted by atomic mass is 79.9. The number of aliphatic hydroxyl groups excluding tert-OH is 1. The Hall–Kier alpha value is -1.05. The largest absolute Gasteiger partial charge is 0.394 e. The lowest BCUT2D eigenvalue weighted by Crippen LogP contribution is -2.32. The molecule has 1 aromatic carbocycles. The van der Waals surface area contributed by atoms with E-state index in [2.05, 4.69) is 22.0 Å². The van der Waals surface area contributed by atoms with Crippen LogP contribution in [0.5, 0.6) is 0 Å². The smallest absolute Gasteiger partial charge is 0.103 e. The number of benzene rings is 1. The molecule has 0 aromatic heterocycles. The van der Waals surface area contributed by atoms with Crippen LogP contribution >= 0.6 is 15.9 Å². The van der Waals surface area contributed by atoms with E-state index in [1.807, 2.05) is 37.1 Å². The predicted octanol–water partition coefficient (Wildman–Crippen LogP) is 2.14. The lowest BCUT2D eigenvalue weighted by Gasteiger charge is -2.26. The van der Waals surface area contributed by atoms with E-state index in [0.29, 0.717) is 5.56 Å². The number of halogens is 1. The van der Waals surface area contributed by atoms with E-state index < -0.39 is 0 Å². The molecule has 1 rings (SSSR count). The molecule has 0 heterocycles. The summed E-state index contributed by atoms with van der Waals surface area (Å²) >= 11 is 3.33. The Morgan fingerprint density at radius 3 is 2.80 bits per heavy atom. The average Bonchev–Trinajstić information content (AvgIpc) is 2.26. The molecule has 80 valence electrons. The van der Waals surface area contributed by atoms with Crippen molar-refractivity contribution in [2.24, 2.45) is 0 Å². The molecule has 0 fully saturated rings. The van der Waals surface area contributed by atoms with Gasteiger partial charge in [-0.25, -0.2) is 0 Å². The Balaban J connectivity index is 3.15. The molecule has 0 saturated heterocycles. The van der Waals surface area contributed by atoms with Crippen molar-refractivity contribution in [3.05, 3.63) is 28.2 Å². The number of anilines is 1. The summed E-state index contributed by atoms with van der Waals surface area (Å²) in [5, 5.41) is 18.1. The first kappa shape index (κ1) is 12.0. The third kappa shape index (κ3) is 2.49. The Bertz CT molecular complexity index is 387. The zero-order chi connectivity index (χ0) is 11.4. The molecule has 0 spiro atoms. The Labute approximate surface area is 98.1 Å². The van der Waals surface area contributed by atoms with Crippen LogP contribution in [0.15, 0.2) is 22.7 Å². The quantitative estimate of drug-likeness (QED) is 0.914. The van der Waals surface area contributed by atoms with E-state index in [0.717, 1.165) is 10.2 Å². The van der Waals surface area contributed by atoms with Crippen LogP contribution in [-0.2, 0) is 0 Å². The highest BCUT2D eigenvalue weighted by Crippen LogP contribution is 2.27. The van der Waals surface area contributed by atoms with Crippen LogP contribution in [0.3, 0.4) is 0 Å². The summed E-state index contributed by atoms with van der Waals surface area (Å²) in [5.41, 5.74) is 1.42. The highest BCUT2D eigenvalue weighted by Gasteiger charge is 2.14. The van der Waals surface area contributed by atoms with E-state index in [4.69, 9.17) is 10.4 Å². The summed E-state index contributed by atoms with van der Waals surface area (Å²) in [6.45, 7) is 1.97. The normalized spacial score (nSPS) is 11.9. The fourth-order valence-electron chi connectivity index (χ4n) is 1.28. The first-order chi connectivity index (χ1) is 7.11. The van der Waals surface area contributed by atoms with Crippen LogP contribution in [0.4, 0.5) is 5.69 Å². The maximum Gasteiger partial charge on any atom is 0.103 e. The third-order valence-corrected chi connectivity index (χ3v) is 3.07. The van der Waals surface area contributed by atoms with Gasteiger partial charge >= 0.3 is 0 Å². The number of rotatable bonds is 3. The second-order valence-electron chi connectivity index (χ2n) is 3.39. The lowest BCUT2D eigenvalue weighted by atomic mass is 10.1. The van der Waals surface area contributed by atoms with Gasteiger partial charge in [0, 0.05) is 17.6 Å². The van der Waals surface area contributed by atoms with Crippen LogP contribution in [-0.4, -0.2) is 24.8 Å². The molecule has 0 aliphatic carbocycles. The van der Waals surface area contributed by atoms with E-state index in [9.17, 15) is 0 Å². The minimum atomic E-state index is -0.00796. The molecular formula is C11H13BrN2O. The van der Waals surface area contributed by atoms with Crippen LogP contribution in [0.2, 0.25) is 0 Å². The average molecular weight is 269 g/mol. The van der Waals surface area contributed by atoms with Crippen molar-refractivity contribution in [1.82, 2.24) is 0 Å². The van der Waals surface area contributed by atoms with Gasteiger partial charge in [-0.2, -0.15) is 5.26 Å². The molecule has 1 atom stereocenters. The van der Waals surface area contributed by atoms with Crippen molar-refractivity contribution in [2.75, 3.05) is 18.6 Å². The van der Waals surface area contributed by atoms with Gasteiger partial charge in [0.05, 0.1) is 17.9 Å². The second kappa shape index (κ2) is 5.15.